The number of rotatable bonds is 3. The smallest absolute Gasteiger partial charge is 0.342 e. The average molecular weight is 275 g/mol. The molecule has 1 heterocycles. The highest BCUT2D eigenvalue weighted by Gasteiger charge is 2.20. The van der Waals surface area contributed by atoms with Gasteiger partial charge in [0.15, 0.2) is 0 Å². The molecule has 0 bridgehead atoms. The van der Waals surface area contributed by atoms with Crippen LogP contribution in [0.15, 0.2) is 29.6 Å². The Balaban J connectivity index is 2.42. The molecule has 0 fully saturated rings. The number of esters is 1. The van der Waals surface area contributed by atoms with Gasteiger partial charge in [0.2, 0.25) is 0 Å². The maximum atomic E-state index is 12.1. The predicted molar refractivity (Wildman–Crippen MR) is 79.5 cm³/mol. The van der Waals surface area contributed by atoms with Crippen molar-refractivity contribution in [2.45, 2.75) is 26.9 Å². The van der Waals surface area contributed by atoms with E-state index in [2.05, 4.69) is 0 Å². The van der Waals surface area contributed by atoms with Gasteiger partial charge in [-0.1, -0.05) is 29.8 Å². The molecule has 2 N–H and O–H groups in total. The van der Waals surface area contributed by atoms with Crippen molar-refractivity contribution in [3.05, 3.63) is 40.8 Å². The second kappa shape index (κ2) is 5.45. The lowest BCUT2D eigenvalue weighted by Crippen LogP contribution is -2.13. The fourth-order valence-electron chi connectivity index (χ4n) is 1.80. The molecule has 1 aromatic heterocycles. The molecule has 2 rings (SSSR count). The Kier molecular flexibility index (Phi) is 3.90. The van der Waals surface area contributed by atoms with Crippen LogP contribution >= 0.6 is 11.3 Å². The summed E-state index contributed by atoms with van der Waals surface area (Å²) in [4.78, 5) is 12.1. The average Bonchev–Trinajstić information content (AvgIpc) is 2.71. The summed E-state index contributed by atoms with van der Waals surface area (Å²) >= 11 is 1.36. The van der Waals surface area contributed by atoms with Crippen molar-refractivity contribution in [1.82, 2.24) is 0 Å². The topological polar surface area (TPSA) is 52.3 Å². The van der Waals surface area contributed by atoms with Crippen molar-refractivity contribution in [2.24, 2.45) is 0 Å². The molecule has 0 unspecified atom stereocenters. The Morgan fingerprint density at radius 3 is 2.47 bits per heavy atom. The van der Waals surface area contributed by atoms with Crippen molar-refractivity contribution in [1.29, 1.82) is 0 Å². The minimum atomic E-state index is -0.357. The van der Waals surface area contributed by atoms with Crippen LogP contribution < -0.4 is 5.73 Å². The van der Waals surface area contributed by atoms with E-state index in [0.717, 1.165) is 11.1 Å². The minimum absolute atomic E-state index is 0.155. The van der Waals surface area contributed by atoms with E-state index in [1.807, 2.05) is 50.4 Å². The summed E-state index contributed by atoms with van der Waals surface area (Å²) in [6.07, 6.45) is -0.155. The number of nitrogens with two attached hydrogens (primary N) is 1. The zero-order chi connectivity index (χ0) is 14.0. The van der Waals surface area contributed by atoms with Gasteiger partial charge in [-0.2, -0.15) is 0 Å². The maximum Gasteiger partial charge on any atom is 0.342 e. The fraction of sp³-hybridized carbons (Fsp3) is 0.267. The molecule has 19 heavy (non-hydrogen) atoms. The number of benzene rings is 1. The van der Waals surface area contributed by atoms with Crippen LogP contribution in [0, 0.1) is 6.92 Å². The molecule has 0 aliphatic rings. The number of carbonyl (C=O) groups is 1. The second-order valence-electron chi connectivity index (χ2n) is 4.71. The van der Waals surface area contributed by atoms with Gasteiger partial charge in [0.05, 0.1) is 6.10 Å². The molecule has 0 aliphatic carbocycles. The van der Waals surface area contributed by atoms with Gasteiger partial charge in [-0.15, -0.1) is 11.3 Å². The zero-order valence-corrected chi connectivity index (χ0v) is 12.1. The van der Waals surface area contributed by atoms with E-state index in [1.165, 1.54) is 16.9 Å². The summed E-state index contributed by atoms with van der Waals surface area (Å²) in [6.45, 7) is 5.68. The molecule has 100 valence electrons. The lowest BCUT2D eigenvalue weighted by molar-refractivity contribution is 0.0380. The van der Waals surface area contributed by atoms with Crippen LogP contribution in [0.1, 0.15) is 29.8 Å². The van der Waals surface area contributed by atoms with Crippen molar-refractivity contribution in [2.75, 3.05) is 5.73 Å². The van der Waals surface area contributed by atoms with Gasteiger partial charge >= 0.3 is 5.97 Å². The molecule has 1 aromatic carbocycles. The van der Waals surface area contributed by atoms with Crippen LogP contribution in [-0.4, -0.2) is 12.1 Å². The number of ether oxygens (including phenoxy) is 1. The molecule has 0 aliphatic heterocycles. The quantitative estimate of drug-likeness (QED) is 0.865. The molecule has 3 nitrogen and oxygen atoms in total. The van der Waals surface area contributed by atoms with E-state index in [-0.39, 0.29) is 12.1 Å². The number of anilines is 1. The van der Waals surface area contributed by atoms with Gasteiger partial charge in [0.25, 0.3) is 0 Å². The summed E-state index contributed by atoms with van der Waals surface area (Å²) in [6, 6.07) is 8.01. The van der Waals surface area contributed by atoms with Gasteiger partial charge in [0.1, 0.15) is 10.6 Å². The van der Waals surface area contributed by atoms with E-state index in [9.17, 15) is 4.79 Å². The van der Waals surface area contributed by atoms with Gasteiger partial charge in [0, 0.05) is 10.9 Å². The minimum Gasteiger partial charge on any atom is -0.459 e. The van der Waals surface area contributed by atoms with E-state index in [4.69, 9.17) is 10.5 Å². The first-order chi connectivity index (χ1) is 8.99. The Bertz CT molecular complexity index is 585. The second-order valence-corrected chi connectivity index (χ2v) is 5.62. The third-order valence-corrected chi connectivity index (χ3v) is 3.54. The number of aryl methyl sites for hydroxylation is 1. The van der Waals surface area contributed by atoms with Crippen LogP contribution in [0.2, 0.25) is 0 Å². The van der Waals surface area contributed by atoms with E-state index in [1.54, 1.807) is 0 Å². The number of carbonyl (C=O) groups excluding carboxylic acids is 1. The van der Waals surface area contributed by atoms with Crippen LogP contribution in [0.3, 0.4) is 0 Å². The first-order valence-corrected chi connectivity index (χ1v) is 7.02. The first-order valence-electron chi connectivity index (χ1n) is 6.14. The monoisotopic (exact) mass is 275 g/mol. The standard InChI is InChI=1S/C15H17NO2S/c1-9(2)18-15(17)13-12(8-19-14(13)16)11-6-4-10(3)5-7-11/h4-9H,16H2,1-3H3. The molecule has 4 heteroatoms. The van der Waals surface area contributed by atoms with Crippen LogP contribution in [0.4, 0.5) is 5.00 Å². The Morgan fingerprint density at radius 2 is 1.89 bits per heavy atom. The Morgan fingerprint density at radius 1 is 1.26 bits per heavy atom. The van der Waals surface area contributed by atoms with Crippen LogP contribution in [-0.2, 0) is 4.74 Å². The van der Waals surface area contributed by atoms with Gasteiger partial charge in [-0.05, 0) is 26.3 Å². The summed E-state index contributed by atoms with van der Waals surface area (Å²) in [5, 5.41) is 2.40. The Hall–Kier alpha value is -1.81. The summed E-state index contributed by atoms with van der Waals surface area (Å²) in [5.41, 5.74) is 9.38. The zero-order valence-electron chi connectivity index (χ0n) is 11.3. The number of thiophene rings is 1. The first kappa shape index (κ1) is 13.6. The van der Waals surface area contributed by atoms with Crippen molar-refractivity contribution in [3.8, 4) is 11.1 Å². The van der Waals surface area contributed by atoms with Gasteiger partial charge in [-0.25, -0.2) is 4.79 Å². The number of nitrogen functional groups attached to an aromatic ring is 1. The normalized spacial score (nSPS) is 10.7. The molecular formula is C15H17NO2S. The van der Waals surface area contributed by atoms with E-state index < -0.39 is 0 Å². The number of hydrogen-bond donors (Lipinski definition) is 1. The van der Waals surface area contributed by atoms with Crippen LogP contribution in [0.25, 0.3) is 11.1 Å². The Labute approximate surface area is 117 Å². The predicted octanol–water partition coefficient (Wildman–Crippen LogP) is 3.87. The molecule has 2 aromatic rings. The lowest BCUT2D eigenvalue weighted by atomic mass is 10.0. The molecule has 0 radical (unpaired) electrons. The third kappa shape index (κ3) is 2.96. The molecule has 0 saturated heterocycles. The van der Waals surface area contributed by atoms with Gasteiger partial charge in [-0.3, -0.25) is 0 Å². The van der Waals surface area contributed by atoms with Crippen molar-refractivity contribution in [3.63, 3.8) is 0 Å². The molecule has 0 atom stereocenters. The largest absolute Gasteiger partial charge is 0.459 e. The maximum absolute atomic E-state index is 12.1. The van der Waals surface area contributed by atoms with Crippen molar-refractivity contribution >= 4 is 22.3 Å². The summed E-state index contributed by atoms with van der Waals surface area (Å²) in [7, 11) is 0. The molecule has 0 amide bonds. The number of hydrogen-bond acceptors (Lipinski definition) is 4. The van der Waals surface area contributed by atoms with E-state index >= 15 is 0 Å². The molecule has 0 spiro atoms. The molecular weight excluding hydrogens is 258 g/mol. The van der Waals surface area contributed by atoms with Crippen LogP contribution in [0.5, 0.6) is 0 Å². The highest BCUT2D eigenvalue weighted by atomic mass is 32.1. The van der Waals surface area contributed by atoms with Crippen molar-refractivity contribution < 1.29 is 9.53 Å². The molecule has 0 saturated carbocycles. The summed E-state index contributed by atoms with van der Waals surface area (Å²) < 4.78 is 5.25. The third-order valence-electron chi connectivity index (χ3n) is 2.73. The summed E-state index contributed by atoms with van der Waals surface area (Å²) in [5.74, 6) is -0.357. The van der Waals surface area contributed by atoms with E-state index in [0.29, 0.717) is 10.6 Å². The SMILES string of the molecule is Cc1ccc(-c2csc(N)c2C(=O)OC(C)C)cc1. The lowest BCUT2D eigenvalue weighted by Gasteiger charge is -2.09. The van der Waals surface area contributed by atoms with Gasteiger partial charge < -0.3 is 10.5 Å². The highest BCUT2D eigenvalue weighted by molar-refractivity contribution is 7.14. The highest BCUT2D eigenvalue weighted by Crippen LogP contribution is 2.34. The fourth-order valence-corrected chi connectivity index (χ4v) is 2.61.